The highest BCUT2D eigenvalue weighted by Gasteiger charge is 2.22. The van der Waals surface area contributed by atoms with Crippen molar-refractivity contribution in [2.45, 2.75) is 19.4 Å². The summed E-state index contributed by atoms with van der Waals surface area (Å²) in [5.74, 6) is -1.06. The Bertz CT molecular complexity index is 1060. The topological polar surface area (TPSA) is 96.0 Å². The van der Waals surface area contributed by atoms with Gasteiger partial charge in [-0.25, -0.2) is 26.7 Å². The van der Waals surface area contributed by atoms with E-state index in [2.05, 4.69) is 25.7 Å². The largest absolute Gasteiger partial charge is 0.480 e. The van der Waals surface area contributed by atoms with Crippen molar-refractivity contribution in [3.63, 3.8) is 0 Å². The Labute approximate surface area is 172 Å². The Balaban J connectivity index is 1.91. The average molecular weight is 442 g/mol. The second kappa shape index (κ2) is 9.36. The fourth-order valence-corrected chi connectivity index (χ4v) is 2.59. The molecule has 2 amide bonds. The summed E-state index contributed by atoms with van der Waals surface area (Å²) in [7, 11) is 1.33. The monoisotopic (exact) mass is 442 g/mol. The van der Waals surface area contributed by atoms with Crippen molar-refractivity contribution in [1.29, 1.82) is 0 Å². The number of ether oxygens (including phenoxy) is 1. The number of rotatable bonds is 7. The second-order valence-electron chi connectivity index (χ2n) is 6.13. The first-order valence-corrected chi connectivity index (χ1v) is 8.63. The van der Waals surface area contributed by atoms with E-state index < -0.39 is 36.0 Å². The molecule has 0 unspecified atom stereocenters. The van der Waals surface area contributed by atoms with Gasteiger partial charge in [0.2, 0.25) is 5.88 Å². The molecule has 0 radical (unpaired) electrons. The summed E-state index contributed by atoms with van der Waals surface area (Å²) in [5.41, 5.74) is -1.17. The summed E-state index contributed by atoms with van der Waals surface area (Å²) >= 11 is 0. The molecule has 13 heteroatoms. The summed E-state index contributed by atoms with van der Waals surface area (Å²) in [4.78, 5) is 13.9. The molecular formula is C18H15F5N6O2. The van der Waals surface area contributed by atoms with Gasteiger partial charge in [0.1, 0.15) is 11.5 Å². The quantitative estimate of drug-likeness (QED) is 0.527. The number of anilines is 2. The van der Waals surface area contributed by atoms with E-state index in [1.165, 1.54) is 19.4 Å². The van der Waals surface area contributed by atoms with E-state index in [1.807, 2.05) is 0 Å². The standard InChI is InChI=1S/C18H15F5N6O2/c1-31-15-6-11(7-24-28-15)29(8-10-5-14(17(22)23)27-26-10)18(30)25-9-2-3-13(19)12(4-9)16(20)21/h2-7,16-17H,8H2,1H3,(H,25,30)(H,26,27). The van der Waals surface area contributed by atoms with Crippen LogP contribution >= 0.6 is 0 Å². The molecule has 0 aliphatic heterocycles. The third kappa shape index (κ3) is 5.24. The lowest BCUT2D eigenvalue weighted by Crippen LogP contribution is -2.35. The van der Waals surface area contributed by atoms with Crippen LogP contribution in [0.3, 0.4) is 0 Å². The van der Waals surface area contributed by atoms with Gasteiger partial charge in [0.25, 0.3) is 12.9 Å². The minimum Gasteiger partial charge on any atom is -0.480 e. The average Bonchev–Trinajstić information content (AvgIpc) is 3.22. The molecule has 0 saturated carbocycles. The predicted molar refractivity (Wildman–Crippen MR) is 98.7 cm³/mol. The SMILES string of the molecule is COc1cc(N(Cc2cc(C(F)F)n[nH]2)C(=O)Nc2ccc(F)c(C(F)F)c2)cnn1. The number of nitrogens with one attached hydrogen (secondary N) is 2. The molecule has 2 heterocycles. The van der Waals surface area contributed by atoms with Crippen molar-refractivity contribution in [2.75, 3.05) is 17.3 Å². The maximum atomic E-state index is 13.5. The van der Waals surface area contributed by atoms with Crippen molar-refractivity contribution in [1.82, 2.24) is 20.4 Å². The molecule has 8 nitrogen and oxygen atoms in total. The Hall–Kier alpha value is -3.77. The van der Waals surface area contributed by atoms with Crippen LogP contribution in [0.25, 0.3) is 0 Å². The Kier molecular flexibility index (Phi) is 6.62. The molecule has 2 N–H and O–H groups in total. The third-order valence-corrected chi connectivity index (χ3v) is 4.07. The molecule has 0 saturated heterocycles. The molecule has 164 valence electrons. The Morgan fingerprint density at radius 1 is 1.19 bits per heavy atom. The number of carbonyl (C=O) groups excluding carboxylic acids is 1. The van der Waals surface area contributed by atoms with Crippen LogP contribution in [0, 0.1) is 5.82 Å². The van der Waals surface area contributed by atoms with Crippen LogP contribution in [-0.2, 0) is 6.54 Å². The van der Waals surface area contributed by atoms with Gasteiger partial charge in [-0.3, -0.25) is 10.00 Å². The van der Waals surface area contributed by atoms with Gasteiger partial charge >= 0.3 is 6.03 Å². The van der Waals surface area contributed by atoms with E-state index in [4.69, 9.17) is 4.74 Å². The van der Waals surface area contributed by atoms with Gasteiger partial charge in [-0.05, 0) is 24.3 Å². The van der Waals surface area contributed by atoms with Gasteiger partial charge in [-0.1, -0.05) is 0 Å². The first-order valence-electron chi connectivity index (χ1n) is 8.63. The van der Waals surface area contributed by atoms with E-state index in [9.17, 15) is 26.7 Å². The van der Waals surface area contributed by atoms with Crippen LogP contribution in [0.15, 0.2) is 36.5 Å². The van der Waals surface area contributed by atoms with Crippen molar-refractivity contribution >= 4 is 17.4 Å². The van der Waals surface area contributed by atoms with Crippen molar-refractivity contribution in [3.8, 4) is 5.88 Å². The number of carbonyl (C=O) groups is 1. The molecule has 0 bridgehead atoms. The summed E-state index contributed by atoms with van der Waals surface area (Å²) in [6.07, 6.45) is -4.69. The zero-order chi connectivity index (χ0) is 22.5. The summed E-state index contributed by atoms with van der Waals surface area (Å²) in [5, 5.41) is 15.6. The fraction of sp³-hybridized carbons (Fsp3) is 0.222. The number of aromatic nitrogens is 4. The zero-order valence-electron chi connectivity index (χ0n) is 15.8. The van der Waals surface area contributed by atoms with Crippen LogP contribution < -0.4 is 15.0 Å². The van der Waals surface area contributed by atoms with Gasteiger partial charge in [0.15, 0.2) is 0 Å². The van der Waals surface area contributed by atoms with E-state index in [1.54, 1.807) is 0 Å². The van der Waals surface area contributed by atoms with Crippen LogP contribution in [0.1, 0.15) is 29.8 Å². The highest BCUT2D eigenvalue weighted by Crippen LogP contribution is 2.26. The van der Waals surface area contributed by atoms with Gasteiger partial charge in [0.05, 0.1) is 36.8 Å². The fourth-order valence-electron chi connectivity index (χ4n) is 2.59. The van der Waals surface area contributed by atoms with Gasteiger partial charge in [-0.15, -0.1) is 5.10 Å². The Morgan fingerprint density at radius 2 is 1.97 bits per heavy atom. The summed E-state index contributed by atoms with van der Waals surface area (Å²) < 4.78 is 70.0. The van der Waals surface area contributed by atoms with Gasteiger partial charge < -0.3 is 10.1 Å². The van der Waals surface area contributed by atoms with Crippen LogP contribution in [-0.4, -0.2) is 33.5 Å². The number of benzene rings is 1. The zero-order valence-corrected chi connectivity index (χ0v) is 15.8. The second-order valence-corrected chi connectivity index (χ2v) is 6.13. The molecule has 0 aliphatic carbocycles. The Morgan fingerprint density at radius 3 is 2.61 bits per heavy atom. The lowest BCUT2D eigenvalue weighted by atomic mass is 10.2. The summed E-state index contributed by atoms with van der Waals surface area (Å²) in [6, 6.07) is 4.29. The minimum absolute atomic E-state index is 0.0648. The van der Waals surface area contributed by atoms with E-state index >= 15 is 0 Å². The lowest BCUT2D eigenvalue weighted by Gasteiger charge is -2.22. The molecule has 0 aliphatic rings. The number of hydrogen-bond donors (Lipinski definition) is 2. The number of nitrogens with zero attached hydrogens (tertiary/aromatic N) is 4. The van der Waals surface area contributed by atoms with Crippen LogP contribution in [0.2, 0.25) is 0 Å². The first-order chi connectivity index (χ1) is 14.8. The van der Waals surface area contributed by atoms with Crippen LogP contribution in [0.5, 0.6) is 5.88 Å². The maximum absolute atomic E-state index is 13.5. The molecule has 31 heavy (non-hydrogen) atoms. The van der Waals surface area contributed by atoms with Crippen molar-refractivity contribution < 1.29 is 31.5 Å². The van der Waals surface area contributed by atoms with Crippen LogP contribution in [0.4, 0.5) is 38.1 Å². The third-order valence-electron chi connectivity index (χ3n) is 4.07. The number of urea groups is 1. The van der Waals surface area contributed by atoms with E-state index in [0.717, 1.165) is 29.2 Å². The highest BCUT2D eigenvalue weighted by molar-refractivity contribution is 6.01. The number of H-pyrrole nitrogens is 1. The van der Waals surface area contributed by atoms with E-state index in [-0.39, 0.29) is 29.5 Å². The molecular weight excluding hydrogens is 427 g/mol. The number of halogens is 5. The van der Waals surface area contributed by atoms with Gasteiger partial charge in [-0.2, -0.15) is 10.2 Å². The van der Waals surface area contributed by atoms with Crippen molar-refractivity contribution in [2.24, 2.45) is 0 Å². The molecule has 0 spiro atoms. The smallest absolute Gasteiger partial charge is 0.326 e. The number of methoxy groups -OCH3 is 1. The number of alkyl halides is 4. The molecule has 1 aromatic carbocycles. The number of amides is 2. The van der Waals surface area contributed by atoms with E-state index in [0.29, 0.717) is 0 Å². The highest BCUT2D eigenvalue weighted by atomic mass is 19.3. The molecule has 3 aromatic rings. The number of aromatic amines is 1. The molecule has 0 atom stereocenters. The summed E-state index contributed by atoms with van der Waals surface area (Å²) in [6.45, 7) is -0.261. The first kappa shape index (κ1) is 21.9. The minimum atomic E-state index is -3.08. The maximum Gasteiger partial charge on any atom is 0.326 e. The van der Waals surface area contributed by atoms with Crippen molar-refractivity contribution in [3.05, 3.63) is 59.3 Å². The van der Waals surface area contributed by atoms with Gasteiger partial charge in [0, 0.05) is 11.8 Å². The number of hydrogen-bond acceptors (Lipinski definition) is 5. The molecule has 0 fully saturated rings. The lowest BCUT2D eigenvalue weighted by molar-refractivity contribution is 0.145. The normalized spacial score (nSPS) is 11.1. The predicted octanol–water partition coefficient (Wildman–Crippen LogP) is 4.46. The molecule has 2 aromatic heterocycles. The molecule has 3 rings (SSSR count).